The molecule has 0 saturated carbocycles. The summed E-state index contributed by atoms with van der Waals surface area (Å²) in [6.07, 6.45) is 2.12. The lowest BCUT2D eigenvalue weighted by Crippen LogP contribution is -2.23. The summed E-state index contributed by atoms with van der Waals surface area (Å²) in [5.41, 5.74) is 0.872. The smallest absolute Gasteiger partial charge is 0.330 e. The number of benzene rings is 1. The fraction of sp³-hybridized carbons (Fsp3) is 0.368. The van der Waals surface area contributed by atoms with Gasteiger partial charge in [-0.15, -0.1) is 0 Å². The van der Waals surface area contributed by atoms with Crippen molar-refractivity contribution in [3.05, 3.63) is 68.1 Å². The minimum Gasteiger partial charge on any atom is -0.330 e. The largest absolute Gasteiger partial charge is 0.334 e. The van der Waals surface area contributed by atoms with Crippen molar-refractivity contribution in [2.75, 3.05) is 0 Å². The topological polar surface area (TPSA) is 83.0 Å². The van der Waals surface area contributed by atoms with E-state index in [1.165, 1.54) is 35.0 Å². The van der Waals surface area contributed by atoms with E-state index in [2.05, 4.69) is 25.8 Å². The summed E-state index contributed by atoms with van der Waals surface area (Å²) in [4.78, 5) is 27.2. The van der Waals surface area contributed by atoms with Crippen molar-refractivity contribution in [1.29, 1.82) is 0 Å². The molecule has 0 aliphatic carbocycles. The first-order chi connectivity index (χ1) is 12.6. The summed E-state index contributed by atoms with van der Waals surface area (Å²) >= 11 is 0. The van der Waals surface area contributed by atoms with Crippen LogP contribution in [0.4, 0.5) is 10.1 Å². The number of rotatable bonds is 4. The number of aryl methyl sites for hydroxylation is 1. The van der Waals surface area contributed by atoms with E-state index < -0.39 is 16.2 Å². The molecule has 0 aliphatic rings. The van der Waals surface area contributed by atoms with Gasteiger partial charge in [-0.25, -0.2) is 9.37 Å². The Morgan fingerprint density at radius 1 is 1.30 bits per heavy atom. The Hall–Kier alpha value is -3.03. The zero-order chi connectivity index (χ0) is 19.9. The lowest BCUT2D eigenvalue weighted by molar-refractivity contribution is -0.386. The second-order valence-corrected chi connectivity index (χ2v) is 7.84. The molecule has 2 aromatic heterocycles. The van der Waals surface area contributed by atoms with Gasteiger partial charge in [0.2, 0.25) is 0 Å². The first-order valence-corrected chi connectivity index (χ1v) is 8.54. The Morgan fingerprint density at radius 2 is 2.00 bits per heavy atom. The highest BCUT2D eigenvalue weighted by Crippen LogP contribution is 2.28. The number of aromatic nitrogens is 3. The molecule has 27 heavy (non-hydrogen) atoms. The normalized spacial score (nSPS) is 11.9. The van der Waals surface area contributed by atoms with Crippen LogP contribution < -0.4 is 5.56 Å². The number of imidazole rings is 1. The van der Waals surface area contributed by atoms with Gasteiger partial charge < -0.3 is 9.13 Å². The van der Waals surface area contributed by atoms with Crippen LogP contribution in [0.25, 0.3) is 11.0 Å². The van der Waals surface area contributed by atoms with Gasteiger partial charge >= 0.3 is 11.2 Å². The molecule has 2 heterocycles. The third kappa shape index (κ3) is 3.74. The van der Waals surface area contributed by atoms with E-state index in [4.69, 9.17) is 0 Å². The van der Waals surface area contributed by atoms with Crippen molar-refractivity contribution in [3.8, 4) is 0 Å². The highest BCUT2D eigenvalue weighted by molar-refractivity contribution is 5.80. The molecule has 0 spiro atoms. The first kappa shape index (κ1) is 18.8. The van der Waals surface area contributed by atoms with Gasteiger partial charge in [-0.2, -0.15) is 0 Å². The molecule has 3 aromatic rings. The van der Waals surface area contributed by atoms with Crippen LogP contribution in [-0.4, -0.2) is 19.0 Å². The van der Waals surface area contributed by atoms with Gasteiger partial charge in [0.1, 0.15) is 11.6 Å². The molecule has 0 atom stereocenters. The second-order valence-electron chi connectivity index (χ2n) is 7.84. The second kappa shape index (κ2) is 6.61. The molecule has 8 heteroatoms. The van der Waals surface area contributed by atoms with E-state index in [0.717, 1.165) is 5.56 Å². The average molecular weight is 372 g/mol. The Kier molecular flexibility index (Phi) is 4.59. The molecule has 0 aliphatic heterocycles. The summed E-state index contributed by atoms with van der Waals surface area (Å²) in [5.74, 6) is 0.178. The Bertz CT molecular complexity index is 1090. The number of nitro groups is 1. The van der Waals surface area contributed by atoms with Crippen molar-refractivity contribution >= 4 is 16.7 Å². The first-order valence-electron chi connectivity index (χ1n) is 8.54. The van der Waals surface area contributed by atoms with Gasteiger partial charge in [-0.05, 0) is 35.6 Å². The monoisotopic (exact) mass is 372 g/mol. The molecule has 0 saturated heterocycles. The van der Waals surface area contributed by atoms with Crippen LogP contribution in [0.2, 0.25) is 0 Å². The van der Waals surface area contributed by atoms with Gasteiger partial charge in [-0.3, -0.25) is 14.9 Å². The van der Waals surface area contributed by atoms with Crippen molar-refractivity contribution in [1.82, 2.24) is 14.1 Å². The standard InChI is InChI=1S/C19H21FN4O3/c1-19(2,3)10-12-8-13(20)9-15-17(12)21-16(22(15)4)11-23-7-5-6-14(18(23)25)24(26)27/h5-9H,10-11H2,1-4H3. The van der Waals surface area contributed by atoms with Crippen molar-refractivity contribution in [3.63, 3.8) is 0 Å². The Labute approximate surface area is 155 Å². The molecule has 1 aromatic carbocycles. The van der Waals surface area contributed by atoms with Gasteiger partial charge in [0.05, 0.1) is 22.5 Å². The summed E-state index contributed by atoms with van der Waals surface area (Å²) in [6, 6.07) is 5.52. The minimum absolute atomic E-state index is 0.0462. The number of fused-ring (bicyclic) bond motifs is 1. The highest BCUT2D eigenvalue weighted by Gasteiger charge is 2.20. The SMILES string of the molecule is Cn1c(Cn2cccc([N+](=O)[O-])c2=O)nc2c(CC(C)(C)C)cc(F)cc21. The van der Waals surface area contributed by atoms with Gasteiger partial charge in [0.15, 0.2) is 0 Å². The van der Waals surface area contributed by atoms with Crippen molar-refractivity contribution in [2.24, 2.45) is 12.5 Å². The average Bonchev–Trinajstić information content (AvgIpc) is 2.84. The number of halogens is 1. The molecule has 142 valence electrons. The van der Waals surface area contributed by atoms with E-state index in [1.54, 1.807) is 11.6 Å². The van der Waals surface area contributed by atoms with E-state index in [0.29, 0.717) is 23.3 Å². The number of pyridine rings is 1. The lowest BCUT2D eigenvalue weighted by atomic mass is 9.87. The molecule has 0 bridgehead atoms. The zero-order valence-corrected chi connectivity index (χ0v) is 15.7. The zero-order valence-electron chi connectivity index (χ0n) is 15.7. The molecule has 0 unspecified atom stereocenters. The number of hydrogen-bond acceptors (Lipinski definition) is 4. The van der Waals surface area contributed by atoms with Crippen LogP contribution in [0.5, 0.6) is 0 Å². The maximum atomic E-state index is 14.1. The molecule has 0 amide bonds. The summed E-state index contributed by atoms with van der Waals surface area (Å²) in [7, 11) is 1.74. The third-order valence-corrected chi connectivity index (χ3v) is 4.35. The van der Waals surface area contributed by atoms with Crippen LogP contribution in [0.15, 0.2) is 35.3 Å². The third-order valence-electron chi connectivity index (χ3n) is 4.35. The molecule has 0 fully saturated rings. The fourth-order valence-corrected chi connectivity index (χ4v) is 3.16. The van der Waals surface area contributed by atoms with Crippen LogP contribution in [0.3, 0.4) is 0 Å². The Balaban J connectivity index is 2.11. The summed E-state index contributed by atoms with van der Waals surface area (Å²) in [5, 5.41) is 11.0. The molecule has 3 rings (SSSR count). The molecule has 7 nitrogen and oxygen atoms in total. The van der Waals surface area contributed by atoms with Crippen LogP contribution >= 0.6 is 0 Å². The maximum absolute atomic E-state index is 14.1. The number of hydrogen-bond donors (Lipinski definition) is 0. The minimum atomic E-state index is -0.704. The quantitative estimate of drug-likeness (QED) is 0.519. The number of nitrogens with zero attached hydrogens (tertiary/aromatic N) is 4. The molecule has 0 N–H and O–H groups in total. The van der Waals surface area contributed by atoms with E-state index in [1.807, 2.05) is 0 Å². The van der Waals surface area contributed by atoms with Gasteiger partial charge in [0.25, 0.3) is 0 Å². The van der Waals surface area contributed by atoms with E-state index >= 15 is 0 Å². The Morgan fingerprint density at radius 3 is 2.63 bits per heavy atom. The highest BCUT2D eigenvalue weighted by atomic mass is 19.1. The van der Waals surface area contributed by atoms with Crippen molar-refractivity contribution < 1.29 is 9.31 Å². The van der Waals surface area contributed by atoms with Gasteiger partial charge in [0, 0.05) is 19.3 Å². The molecular formula is C19H21FN4O3. The van der Waals surface area contributed by atoms with Gasteiger partial charge in [-0.1, -0.05) is 20.8 Å². The van der Waals surface area contributed by atoms with Crippen LogP contribution in [0.1, 0.15) is 32.2 Å². The van der Waals surface area contributed by atoms with Crippen LogP contribution in [0, 0.1) is 21.3 Å². The predicted octanol–water partition coefficient (Wildman–Crippen LogP) is 3.42. The van der Waals surface area contributed by atoms with E-state index in [9.17, 15) is 19.3 Å². The summed E-state index contributed by atoms with van der Waals surface area (Å²) in [6.45, 7) is 6.25. The lowest BCUT2D eigenvalue weighted by Gasteiger charge is -2.18. The molecule has 0 radical (unpaired) electrons. The fourth-order valence-electron chi connectivity index (χ4n) is 3.16. The summed E-state index contributed by atoms with van der Waals surface area (Å²) < 4.78 is 17.1. The van der Waals surface area contributed by atoms with Crippen molar-refractivity contribution in [2.45, 2.75) is 33.7 Å². The maximum Gasteiger partial charge on any atom is 0.334 e. The van der Waals surface area contributed by atoms with E-state index in [-0.39, 0.29) is 17.8 Å². The van der Waals surface area contributed by atoms with Crippen LogP contribution in [-0.2, 0) is 20.0 Å². The molecular weight excluding hydrogens is 351 g/mol. The predicted molar refractivity (Wildman–Crippen MR) is 100 cm³/mol.